The van der Waals surface area contributed by atoms with Gasteiger partial charge in [-0.15, -0.1) is 0 Å². The molecule has 206 valence electrons. The minimum absolute atomic E-state index is 0. The number of allylic oxidation sites excluding steroid dienone is 6. The smallest absolute Gasteiger partial charge is 0 e. The first-order chi connectivity index (χ1) is 18.2. The van der Waals surface area contributed by atoms with Crippen molar-refractivity contribution in [2.45, 2.75) is 49.6 Å². The fourth-order valence-corrected chi connectivity index (χ4v) is 12.4. The van der Waals surface area contributed by atoms with Gasteiger partial charge in [0.2, 0.25) is 0 Å². The third-order valence-corrected chi connectivity index (χ3v) is 15.5. The summed E-state index contributed by atoms with van der Waals surface area (Å²) in [7, 11) is 0. The average Bonchev–Trinajstić information content (AvgIpc) is 3.70. The minimum Gasteiger partial charge on any atom is 0 e. The Morgan fingerprint density at radius 2 is 2.08 bits per heavy atom. The predicted molar refractivity (Wildman–Crippen MR) is 179 cm³/mol. The molecule has 0 amide bonds. The van der Waals surface area contributed by atoms with Crippen LogP contribution in [0.2, 0.25) is 0 Å². The number of halogens is 2. The second-order valence-corrected chi connectivity index (χ2v) is 17.2. The summed E-state index contributed by atoms with van der Waals surface area (Å²) < 4.78 is 9.41. The molecule has 1 aliphatic heterocycles. The number of ether oxygens (including phenoxy) is 1. The van der Waals surface area contributed by atoms with Gasteiger partial charge < -0.3 is 5.41 Å². The van der Waals surface area contributed by atoms with Crippen LogP contribution in [0, 0.1) is 72.0 Å². The topological polar surface area (TPSA) is 93.1 Å². The Labute approximate surface area is 278 Å². The molecule has 0 radical (unpaired) electrons. The fourth-order valence-electron chi connectivity index (χ4n) is 4.60. The molecule has 1 heterocycles. The van der Waals surface area contributed by atoms with Crippen LogP contribution < -0.4 is 4.74 Å². The summed E-state index contributed by atoms with van der Waals surface area (Å²) in [4.78, 5) is 4.29. The quantitative estimate of drug-likeness (QED) is 0.0725. The summed E-state index contributed by atoms with van der Waals surface area (Å²) in [6.07, 6.45) is 11.1. The van der Waals surface area contributed by atoms with Gasteiger partial charge in [0, 0.05) is 60.6 Å². The molecular weight excluding hydrogens is 936 g/mol. The Hall–Kier alpha value is -1.14. The van der Waals surface area contributed by atoms with Gasteiger partial charge in [-0.2, -0.15) is 0 Å². The summed E-state index contributed by atoms with van der Waals surface area (Å²) in [5, 5.41) is 26.3. The van der Waals surface area contributed by atoms with Crippen molar-refractivity contribution in [2.24, 2.45) is 16.8 Å². The summed E-state index contributed by atoms with van der Waals surface area (Å²) in [6.45, 7) is 15.8. The van der Waals surface area contributed by atoms with Crippen molar-refractivity contribution in [3.05, 3.63) is 78.9 Å². The van der Waals surface area contributed by atoms with E-state index < -0.39 is 19.8 Å². The van der Waals surface area contributed by atoms with Crippen LogP contribution in [0.25, 0.3) is 5.57 Å². The number of nitrogens with one attached hydrogen (secondary N) is 2. The molecule has 2 unspecified atom stereocenters. The van der Waals surface area contributed by atoms with E-state index in [1.807, 2.05) is 31.2 Å². The van der Waals surface area contributed by atoms with Gasteiger partial charge in [-0.3, -0.25) is 4.99 Å². The first-order valence-electron chi connectivity index (χ1n) is 12.8. The molecule has 1 saturated carbocycles. The number of hydrogen-bond acceptors (Lipinski definition) is 5. The maximum Gasteiger partial charge on any atom is 0 e. The van der Waals surface area contributed by atoms with Gasteiger partial charge in [0.15, 0.2) is 0 Å². The zero-order chi connectivity index (χ0) is 27.8. The molecule has 3 rings (SSSR count). The number of rotatable bonds is 12. The predicted octanol–water partition coefficient (Wildman–Crippen LogP) is 8.39. The van der Waals surface area contributed by atoms with Crippen LogP contribution >= 0.6 is 42.4 Å². The van der Waals surface area contributed by atoms with Gasteiger partial charge in [-0.05, 0) is 19.8 Å². The molecule has 2 aliphatic rings. The van der Waals surface area contributed by atoms with Crippen molar-refractivity contribution in [3.63, 3.8) is 0 Å². The van der Waals surface area contributed by atoms with Crippen LogP contribution in [0.15, 0.2) is 65.8 Å². The molecule has 2 fully saturated rings. The van der Waals surface area contributed by atoms with Crippen LogP contribution in [0.4, 0.5) is 0 Å². The largest absolute Gasteiger partial charge is 0 e. The first-order valence-corrected chi connectivity index (χ1v) is 18.2. The van der Waals surface area contributed by atoms with E-state index in [1.165, 1.54) is 5.57 Å². The van der Waals surface area contributed by atoms with Crippen molar-refractivity contribution in [3.8, 4) is 11.8 Å². The van der Waals surface area contributed by atoms with Crippen LogP contribution in [0.5, 0.6) is 5.75 Å². The number of benzene rings is 1. The van der Waals surface area contributed by atoms with Gasteiger partial charge in [0.25, 0.3) is 0 Å². The average molecular weight is 974 g/mol. The second-order valence-electron chi connectivity index (χ2n) is 9.69. The van der Waals surface area contributed by atoms with Crippen molar-refractivity contribution in [2.75, 3.05) is 8.86 Å². The Bertz CT molecular complexity index is 1230. The molecule has 1 aliphatic carbocycles. The third kappa shape index (κ3) is 9.73. The molecule has 1 aromatic rings. The summed E-state index contributed by atoms with van der Waals surface area (Å²) in [5.41, 5.74) is 5.27. The van der Waals surface area contributed by atoms with Crippen molar-refractivity contribution >= 4 is 63.6 Å². The molecule has 0 bridgehead atoms. The molecule has 1 aromatic carbocycles. The fraction of sp³-hybridized carbons (Fsp3) is 0.387. The van der Waals surface area contributed by atoms with E-state index in [1.54, 1.807) is 12.3 Å². The number of aliphatic imine (C=N–C) groups is 1. The molecule has 0 spiro atoms. The van der Waals surface area contributed by atoms with Crippen LogP contribution in [0.3, 0.4) is 0 Å². The number of nitrogens with zero attached hydrogens (tertiary/aromatic N) is 2. The van der Waals surface area contributed by atoms with E-state index in [4.69, 9.17) is 15.6 Å². The van der Waals surface area contributed by atoms with E-state index in [2.05, 4.69) is 66.7 Å². The summed E-state index contributed by atoms with van der Waals surface area (Å²) >= 11 is 1.04. The number of nitriles is 1. The molecular formula is C31H37I2N4OU-. The zero-order valence-corrected chi connectivity index (χ0v) is 31.3. The van der Waals surface area contributed by atoms with Gasteiger partial charge in [-0.1, -0.05) is 6.58 Å². The monoisotopic (exact) mass is 973 g/mol. The molecule has 1 saturated heterocycles. The third-order valence-electron chi connectivity index (χ3n) is 6.84. The number of hydrogen-bond donors (Lipinski definition) is 2. The Morgan fingerprint density at radius 3 is 2.69 bits per heavy atom. The van der Waals surface area contributed by atoms with E-state index in [-0.39, 0.29) is 43.1 Å². The van der Waals surface area contributed by atoms with Crippen LogP contribution in [0.1, 0.15) is 50.7 Å². The maximum absolute atomic E-state index is 9.89. The molecule has 8 heteroatoms. The van der Waals surface area contributed by atoms with Gasteiger partial charge in [0.05, 0.1) is 0 Å². The molecule has 0 aromatic heterocycles. The van der Waals surface area contributed by atoms with E-state index in [0.717, 1.165) is 57.1 Å². The zero-order valence-electron chi connectivity index (χ0n) is 22.8. The second kappa shape index (κ2) is 16.3. The van der Waals surface area contributed by atoms with Crippen molar-refractivity contribution < 1.29 is 35.9 Å². The van der Waals surface area contributed by atoms with E-state index in [0.29, 0.717) is 24.9 Å². The molecule has 39 heavy (non-hydrogen) atoms. The summed E-state index contributed by atoms with van der Waals surface area (Å²) in [5.74, 6) is 1.22. The standard InChI is InChI=1S/C31H37I2N4O.U/c1-6-8-23(15-20(3)9-11-29(36)27-17-26(27)21(4)37-7-2)24-10-12-30(25(16-24)19-34)38-31-13-14-33(22(5)35)18-28(31)32;/h6-8,10,12,15-16,26-28,31,35-36H,1,4-5,9,11,13-14,17-18H2,2-3H3;/q-1;/b20-15+,23-8+,35-22?,36-29?,37-7?;/t26?,27?,28-,31+;/m1./s1. The van der Waals surface area contributed by atoms with E-state index >= 15 is 0 Å². The normalized spacial score (nSPS) is 23.9. The Kier molecular flexibility index (Phi) is 14.3. The van der Waals surface area contributed by atoms with Crippen LogP contribution in [-0.4, -0.2) is 34.5 Å². The Balaban J connectivity index is 0.00000533. The first kappa shape index (κ1) is 34.1. The van der Waals surface area contributed by atoms with Crippen molar-refractivity contribution in [1.82, 2.24) is 0 Å². The Morgan fingerprint density at radius 1 is 1.33 bits per heavy atom. The SMILES string of the molecule is C=C/C=C(\C=C(/C)CCC(=N)C1CC1C(=C)N=CC)c1ccc(O[C@H]2CCI(C([CH2-])=N)C[C@H]2I)c(C#N)c1.[U]. The van der Waals surface area contributed by atoms with Crippen molar-refractivity contribution in [1.29, 1.82) is 16.1 Å². The van der Waals surface area contributed by atoms with Gasteiger partial charge >= 0.3 is 184 Å². The van der Waals surface area contributed by atoms with E-state index in [9.17, 15) is 5.26 Å². The molecule has 2 N–H and O–H groups in total. The minimum atomic E-state index is -1.40. The summed E-state index contributed by atoms with van der Waals surface area (Å²) in [6, 6.07) is 8.11. The van der Waals surface area contributed by atoms with Gasteiger partial charge in [-0.25, -0.2) is 0 Å². The number of alkyl halides is 3. The molecule has 5 nitrogen and oxygen atoms in total. The maximum atomic E-state index is 9.89. The van der Waals surface area contributed by atoms with Crippen LogP contribution in [-0.2, 0) is 0 Å². The molecule has 4 atom stereocenters. The van der Waals surface area contributed by atoms with Gasteiger partial charge in [0.1, 0.15) is 0 Å².